The van der Waals surface area contributed by atoms with Gasteiger partial charge in [-0.2, -0.15) is 0 Å². The number of thioether (sulfide) groups is 1. The molecular weight excluding hydrogens is 366 g/mol. The van der Waals surface area contributed by atoms with Crippen LogP contribution in [-0.4, -0.2) is 16.0 Å². The third kappa shape index (κ3) is 4.17. The monoisotopic (exact) mass is 375 g/mol. The lowest BCUT2D eigenvalue weighted by Crippen LogP contribution is -2.19. The summed E-state index contributed by atoms with van der Waals surface area (Å²) in [7, 11) is 0. The molecule has 1 amide bonds. The number of allylic oxidation sites excluding steroid dienone is 2. The van der Waals surface area contributed by atoms with E-state index in [4.69, 9.17) is 16.0 Å². The number of amides is 1. The van der Waals surface area contributed by atoms with Crippen LogP contribution in [0.4, 0.5) is 11.6 Å². The molecule has 0 saturated carbocycles. The number of para-hydroxylation sites is 1. The lowest BCUT2D eigenvalue weighted by atomic mass is 10.3. The number of furan rings is 1. The van der Waals surface area contributed by atoms with Crippen LogP contribution in [0.5, 0.6) is 0 Å². The summed E-state index contributed by atoms with van der Waals surface area (Å²) in [5.41, 5.74) is 0.562. The minimum atomic E-state index is -0.618. The predicted molar refractivity (Wildman–Crippen MR) is 96.8 cm³/mol. The Morgan fingerprint density at radius 3 is 2.80 bits per heavy atom. The molecule has 0 bridgehead atoms. The quantitative estimate of drug-likeness (QED) is 0.488. The van der Waals surface area contributed by atoms with Crippen molar-refractivity contribution < 1.29 is 14.1 Å². The molecule has 1 saturated heterocycles. The van der Waals surface area contributed by atoms with E-state index >= 15 is 0 Å². The Balaban J connectivity index is 1.71. The predicted octanol–water partition coefficient (Wildman–Crippen LogP) is 4.29. The van der Waals surface area contributed by atoms with Gasteiger partial charge in [-0.05, 0) is 42.1 Å². The van der Waals surface area contributed by atoms with E-state index in [-0.39, 0.29) is 11.8 Å². The third-order valence-electron chi connectivity index (χ3n) is 3.03. The average Bonchev–Trinajstić information content (AvgIpc) is 3.17. The number of nitrogens with zero attached hydrogens (tertiary/aromatic N) is 2. The molecule has 0 aliphatic carbocycles. The second kappa shape index (κ2) is 7.37. The first-order valence-corrected chi connectivity index (χ1v) is 8.17. The van der Waals surface area contributed by atoms with Gasteiger partial charge in [-0.25, -0.2) is 4.99 Å². The van der Waals surface area contributed by atoms with E-state index in [1.54, 1.807) is 36.4 Å². The number of carbonyl (C=O) groups excluding carboxylic acids is 1. The van der Waals surface area contributed by atoms with Crippen LogP contribution in [0.15, 0.2) is 62.9 Å². The average molecular weight is 376 g/mol. The molecule has 1 fully saturated rings. The van der Waals surface area contributed by atoms with E-state index < -0.39 is 4.92 Å². The molecule has 1 aromatic heterocycles. The van der Waals surface area contributed by atoms with E-state index in [2.05, 4.69) is 10.3 Å². The maximum Gasteiger partial charge on any atom is 0.433 e. The minimum Gasteiger partial charge on any atom is -0.401 e. The van der Waals surface area contributed by atoms with Crippen LogP contribution >= 0.6 is 23.4 Å². The van der Waals surface area contributed by atoms with Gasteiger partial charge in [0.1, 0.15) is 10.7 Å². The highest BCUT2D eigenvalue weighted by Gasteiger charge is 2.23. The van der Waals surface area contributed by atoms with Crippen LogP contribution < -0.4 is 5.32 Å². The van der Waals surface area contributed by atoms with Crippen LogP contribution in [0.2, 0.25) is 5.02 Å². The summed E-state index contributed by atoms with van der Waals surface area (Å²) in [4.78, 5) is 26.6. The van der Waals surface area contributed by atoms with Gasteiger partial charge >= 0.3 is 5.88 Å². The lowest BCUT2D eigenvalue weighted by Gasteiger charge is -1.98. The summed E-state index contributed by atoms with van der Waals surface area (Å²) < 4.78 is 4.99. The molecule has 3 rings (SSSR count). The Bertz CT molecular complexity index is 933. The van der Waals surface area contributed by atoms with Gasteiger partial charge in [-0.3, -0.25) is 14.9 Å². The Morgan fingerprint density at radius 2 is 2.08 bits per heavy atom. The van der Waals surface area contributed by atoms with Crippen LogP contribution in [0, 0.1) is 10.1 Å². The Kier molecular flexibility index (Phi) is 5.01. The van der Waals surface area contributed by atoms with Crippen molar-refractivity contribution in [1.29, 1.82) is 0 Å². The number of benzene rings is 1. The summed E-state index contributed by atoms with van der Waals surface area (Å²) in [6.45, 7) is 0. The van der Waals surface area contributed by atoms with Gasteiger partial charge in [0.2, 0.25) is 0 Å². The van der Waals surface area contributed by atoms with Crippen molar-refractivity contribution in [3.63, 3.8) is 0 Å². The van der Waals surface area contributed by atoms with Crippen molar-refractivity contribution in [3.8, 4) is 0 Å². The molecule has 0 radical (unpaired) electrons. The number of nitro groups is 1. The molecule has 25 heavy (non-hydrogen) atoms. The zero-order valence-electron chi connectivity index (χ0n) is 12.5. The first-order valence-electron chi connectivity index (χ1n) is 6.98. The SMILES string of the molecule is O=C1NC(=Nc2ccccc2Cl)SC1=CC=Cc1ccc([N+](=O)[O-])o1. The number of hydrogen-bond donors (Lipinski definition) is 1. The Hall–Kier alpha value is -2.84. The number of nitrogens with one attached hydrogen (secondary N) is 1. The molecule has 1 aliphatic rings. The molecular formula is C16H10ClN3O4S. The summed E-state index contributed by atoms with van der Waals surface area (Å²) in [6.07, 6.45) is 4.67. The number of aliphatic imine (C=N–C) groups is 1. The molecule has 1 aliphatic heterocycles. The Labute approximate surface area is 151 Å². The fraction of sp³-hybridized carbons (Fsp3) is 0. The molecule has 1 aromatic carbocycles. The van der Waals surface area contributed by atoms with Gasteiger partial charge in [-0.1, -0.05) is 29.8 Å². The first kappa shape index (κ1) is 17.0. The highest BCUT2D eigenvalue weighted by atomic mass is 35.5. The lowest BCUT2D eigenvalue weighted by molar-refractivity contribution is -0.402. The molecule has 2 aromatic rings. The standard InChI is InChI=1S/C16H10ClN3O4S/c17-11-5-1-2-6-12(11)18-16-19-15(21)13(25-16)7-3-4-10-8-9-14(24-10)20(22)23/h1-9H,(H,18,19,21). The first-order chi connectivity index (χ1) is 12.0. The zero-order valence-corrected chi connectivity index (χ0v) is 14.1. The summed E-state index contributed by atoms with van der Waals surface area (Å²) in [5.74, 6) is -0.308. The van der Waals surface area contributed by atoms with E-state index in [0.717, 1.165) is 0 Å². The highest BCUT2D eigenvalue weighted by molar-refractivity contribution is 8.18. The molecule has 7 nitrogen and oxygen atoms in total. The van der Waals surface area contributed by atoms with Crippen molar-refractivity contribution in [2.75, 3.05) is 0 Å². The molecule has 126 valence electrons. The Morgan fingerprint density at radius 1 is 1.28 bits per heavy atom. The van der Waals surface area contributed by atoms with Gasteiger partial charge in [-0.15, -0.1) is 0 Å². The van der Waals surface area contributed by atoms with Crippen molar-refractivity contribution in [2.24, 2.45) is 4.99 Å². The molecule has 9 heteroatoms. The molecule has 0 atom stereocenters. The van der Waals surface area contributed by atoms with E-state index in [0.29, 0.717) is 26.5 Å². The van der Waals surface area contributed by atoms with Gasteiger partial charge in [0.25, 0.3) is 5.91 Å². The van der Waals surface area contributed by atoms with Crippen molar-refractivity contribution in [1.82, 2.24) is 5.32 Å². The summed E-state index contributed by atoms with van der Waals surface area (Å²) in [6, 6.07) is 9.78. The highest BCUT2D eigenvalue weighted by Crippen LogP contribution is 2.29. The van der Waals surface area contributed by atoms with Gasteiger partial charge in [0, 0.05) is 0 Å². The molecule has 1 N–H and O–H groups in total. The maximum atomic E-state index is 11.9. The van der Waals surface area contributed by atoms with E-state index in [1.165, 1.54) is 30.0 Å². The topological polar surface area (TPSA) is 97.7 Å². The van der Waals surface area contributed by atoms with Crippen molar-refractivity contribution >= 4 is 52.1 Å². The zero-order chi connectivity index (χ0) is 17.8. The fourth-order valence-electron chi connectivity index (χ4n) is 1.91. The van der Waals surface area contributed by atoms with Crippen molar-refractivity contribution in [3.05, 3.63) is 74.4 Å². The van der Waals surface area contributed by atoms with Gasteiger partial charge < -0.3 is 9.73 Å². The number of amidine groups is 1. The fourth-order valence-corrected chi connectivity index (χ4v) is 2.87. The van der Waals surface area contributed by atoms with Crippen LogP contribution in [0.25, 0.3) is 6.08 Å². The van der Waals surface area contributed by atoms with E-state index in [1.807, 2.05) is 0 Å². The number of halogens is 1. The third-order valence-corrected chi connectivity index (χ3v) is 4.27. The minimum absolute atomic E-state index is 0.286. The smallest absolute Gasteiger partial charge is 0.401 e. The largest absolute Gasteiger partial charge is 0.433 e. The second-order valence-corrected chi connectivity index (χ2v) is 6.19. The number of carbonyl (C=O) groups is 1. The number of rotatable bonds is 4. The van der Waals surface area contributed by atoms with Crippen LogP contribution in [0.1, 0.15) is 5.76 Å². The normalized spacial score (nSPS) is 17.6. The summed E-state index contributed by atoms with van der Waals surface area (Å²) in [5, 5.41) is 14.1. The maximum absolute atomic E-state index is 11.9. The molecule has 0 unspecified atom stereocenters. The second-order valence-electron chi connectivity index (χ2n) is 4.75. The van der Waals surface area contributed by atoms with Gasteiger partial charge in [0.15, 0.2) is 5.17 Å². The van der Waals surface area contributed by atoms with Crippen molar-refractivity contribution in [2.45, 2.75) is 0 Å². The van der Waals surface area contributed by atoms with Gasteiger partial charge in [0.05, 0.1) is 21.7 Å². The van der Waals surface area contributed by atoms with Crippen LogP contribution in [0.3, 0.4) is 0 Å². The van der Waals surface area contributed by atoms with E-state index in [9.17, 15) is 14.9 Å². The summed E-state index contributed by atoms with van der Waals surface area (Å²) >= 11 is 7.21. The number of hydrogen-bond acceptors (Lipinski definition) is 6. The van der Waals surface area contributed by atoms with Crippen LogP contribution in [-0.2, 0) is 4.79 Å². The molecule has 0 spiro atoms. The molecule has 2 heterocycles.